The van der Waals surface area contributed by atoms with Gasteiger partial charge in [-0.2, -0.15) is 0 Å². The van der Waals surface area contributed by atoms with Crippen LogP contribution in [0.5, 0.6) is 5.75 Å². The first-order chi connectivity index (χ1) is 9.24. The van der Waals surface area contributed by atoms with Crippen LogP contribution >= 0.6 is 12.4 Å². The van der Waals surface area contributed by atoms with Crippen molar-refractivity contribution in [2.75, 3.05) is 0 Å². The minimum Gasteiger partial charge on any atom is -0.489 e. The number of hydrogen-bond donors (Lipinski definition) is 1. The highest BCUT2D eigenvalue weighted by Gasteiger charge is 2.37. The van der Waals surface area contributed by atoms with E-state index < -0.39 is 0 Å². The van der Waals surface area contributed by atoms with E-state index >= 15 is 0 Å². The number of nitrogens with two attached hydrogens (primary N) is 1. The van der Waals surface area contributed by atoms with Gasteiger partial charge in [-0.05, 0) is 23.6 Å². The Hall–Kier alpha value is -1.58. The first-order valence-electron chi connectivity index (χ1n) is 6.46. The van der Waals surface area contributed by atoms with E-state index in [0.29, 0.717) is 18.3 Å². The number of halogens is 2. The Morgan fingerprint density at radius 1 is 1.15 bits per heavy atom. The molecule has 1 fully saturated rings. The molecule has 2 nitrogen and oxygen atoms in total. The van der Waals surface area contributed by atoms with E-state index in [1.807, 2.05) is 30.3 Å². The van der Waals surface area contributed by atoms with E-state index in [4.69, 9.17) is 10.5 Å². The second-order valence-electron chi connectivity index (χ2n) is 4.96. The molecule has 2 N–H and O–H groups in total. The summed E-state index contributed by atoms with van der Waals surface area (Å²) in [6.45, 7) is 0.444. The zero-order chi connectivity index (χ0) is 13.2. The highest BCUT2D eigenvalue weighted by Crippen LogP contribution is 2.43. The van der Waals surface area contributed by atoms with Gasteiger partial charge in [-0.1, -0.05) is 36.4 Å². The molecule has 1 aliphatic rings. The van der Waals surface area contributed by atoms with Gasteiger partial charge in [0.2, 0.25) is 0 Å². The number of ether oxygens (including phenoxy) is 1. The largest absolute Gasteiger partial charge is 0.489 e. The summed E-state index contributed by atoms with van der Waals surface area (Å²) in [6.07, 6.45) is 0.952. The first-order valence-corrected chi connectivity index (χ1v) is 6.46. The Balaban J connectivity index is 0.00000147. The van der Waals surface area contributed by atoms with Crippen LogP contribution in [-0.4, -0.2) is 6.04 Å². The summed E-state index contributed by atoms with van der Waals surface area (Å²) in [5, 5.41) is 0. The van der Waals surface area contributed by atoms with Crippen LogP contribution in [0.2, 0.25) is 0 Å². The monoisotopic (exact) mass is 293 g/mol. The predicted molar refractivity (Wildman–Crippen MR) is 79.8 cm³/mol. The Bertz CT molecular complexity index is 576. The van der Waals surface area contributed by atoms with Crippen molar-refractivity contribution in [2.45, 2.75) is 25.0 Å². The number of benzene rings is 2. The first kappa shape index (κ1) is 14.8. The van der Waals surface area contributed by atoms with E-state index in [1.54, 1.807) is 6.07 Å². The van der Waals surface area contributed by atoms with Gasteiger partial charge in [0.25, 0.3) is 0 Å². The minimum atomic E-state index is -0.277. The molecule has 2 atom stereocenters. The van der Waals surface area contributed by atoms with Gasteiger partial charge < -0.3 is 10.5 Å². The summed E-state index contributed by atoms with van der Waals surface area (Å²) in [7, 11) is 0. The summed E-state index contributed by atoms with van der Waals surface area (Å²) < 4.78 is 19.1. The maximum absolute atomic E-state index is 13.3. The van der Waals surface area contributed by atoms with Gasteiger partial charge in [0.05, 0.1) is 0 Å². The fraction of sp³-hybridized carbons (Fsp3) is 0.250. The number of hydrogen-bond acceptors (Lipinski definition) is 2. The van der Waals surface area contributed by atoms with Crippen LogP contribution in [0.1, 0.15) is 23.5 Å². The Morgan fingerprint density at radius 2 is 1.85 bits per heavy atom. The minimum absolute atomic E-state index is 0. The van der Waals surface area contributed by atoms with Crippen molar-refractivity contribution in [1.82, 2.24) is 0 Å². The van der Waals surface area contributed by atoms with Crippen molar-refractivity contribution in [3.63, 3.8) is 0 Å². The van der Waals surface area contributed by atoms with Crippen molar-refractivity contribution >= 4 is 12.4 Å². The molecule has 0 aliphatic heterocycles. The summed E-state index contributed by atoms with van der Waals surface area (Å²) in [5.41, 5.74) is 7.95. The van der Waals surface area contributed by atoms with Crippen LogP contribution in [0.25, 0.3) is 0 Å². The lowest BCUT2D eigenvalue weighted by Crippen LogP contribution is -2.04. The molecule has 0 heterocycles. The number of rotatable bonds is 4. The highest BCUT2D eigenvalue weighted by atomic mass is 35.5. The second kappa shape index (κ2) is 6.25. The lowest BCUT2D eigenvalue weighted by molar-refractivity contribution is 0.301. The quantitative estimate of drug-likeness (QED) is 0.934. The van der Waals surface area contributed by atoms with Crippen LogP contribution in [0.4, 0.5) is 4.39 Å². The Labute approximate surface area is 124 Å². The summed E-state index contributed by atoms with van der Waals surface area (Å²) in [4.78, 5) is 0. The smallest absolute Gasteiger partial charge is 0.126 e. The van der Waals surface area contributed by atoms with Crippen LogP contribution in [0.15, 0.2) is 48.5 Å². The summed E-state index contributed by atoms with van der Waals surface area (Å²) in [6, 6.07) is 14.7. The molecule has 2 aromatic carbocycles. The van der Waals surface area contributed by atoms with Gasteiger partial charge in [-0.25, -0.2) is 4.39 Å². The zero-order valence-electron chi connectivity index (χ0n) is 11.0. The maximum atomic E-state index is 13.3. The molecule has 2 aromatic rings. The van der Waals surface area contributed by atoms with Gasteiger partial charge in [0.15, 0.2) is 0 Å². The maximum Gasteiger partial charge on any atom is 0.126 e. The fourth-order valence-corrected chi connectivity index (χ4v) is 2.25. The van der Waals surface area contributed by atoms with Gasteiger partial charge >= 0.3 is 0 Å². The Morgan fingerprint density at radius 3 is 2.50 bits per heavy atom. The molecule has 3 rings (SSSR count). The summed E-state index contributed by atoms with van der Waals surface area (Å²) in [5.74, 6) is 0.647. The van der Waals surface area contributed by atoms with Crippen LogP contribution in [0, 0.1) is 5.82 Å². The third-order valence-electron chi connectivity index (χ3n) is 3.45. The van der Waals surface area contributed by atoms with Crippen LogP contribution in [-0.2, 0) is 6.61 Å². The fourth-order valence-electron chi connectivity index (χ4n) is 2.25. The standard InChI is InChI=1S/C16H16FNO.ClH/c17-12-6-7-13(14-9-15(14)18)16(8-12)19-10-11-4-2-1-3-5-11;/h1-8,14-15H,9-10,18H2;1H/t14-,15+;/m0./s1. The average Bonchev–Trinajstić information content (AvgIpc) is 3.14. The van der Waals surface area contributed by atoms with Gasteiger partial charge in [-0.15, -0.1) is 12.4 Å². The van der Waals surface area contributed by atoms with Crippen molar-refractivity contribution < 1.29 is 9.13 Å². The SMILES string of the molecule is Cl.N[C@@H]1C[C@H]1c1ccc(F)cc1OCc1ccccc1. The van der Waals surface area contributed by atoms with Crippen LogP contribution in [0.3, 0.4) is 0 Å². The lowest BCUT2D eigenvalue weighted by Gasteiger charge is -2.11. The average molecular weight is 294 g/mol. The molecule has 106 valence electrons. The molecular formula is C16H17ClFNO. The molecule has 1 saturated carbocycles. The normalized spacial score (nSPS) is 20.1. The van der Waals surface area contributed by atoms with Crippen molar-refractivity contribution in [2.24, 2.45) is 5.73 Å². The Kier molecular flexibility index (Phi) is 4.63. The topological polar surface area (TPSA) is 35.2 Å². The molecule has 0 amide bonds. The van der Waals surface area contributed by atoms with Crippen molar-refractivity contribution in [1.29, 1.82) is 0 Å². The molecule has 20 heavy (non-hydrogen) atoms. The molecular weight excluding hydrogens is 277 g/mol. The molecule has 4 heteroatoms. The van der Waals surface area contributed by atoms with Crippen molar-refractivity contribution in [3.05, 3.63) is 65.5 Å². The lowest BCUT2D eigenvalue weighted by atomic mass is 10.1. The highest BCUT2D eigenvalue weighted by molar-refractivity contribution is 5.85. The van der Waals surface area contributed by atoms with Gasteiger partial charge in [0.1, 0.15) is 18.2 Å². The van der Waals surface area contributed by atoms with E-state index in [2.05, 4.69) is 0 Å². The summed E-state index contributed by atoms with van der Waals surface area (Å²) >= 11 is 0. The van der Waals surface area contributed by atoms with Gasteiger partial charge in [0, 0.05) is 18.0 Å². The third kappa shape index (κ3) is 3.30. The van der Waals surface area contributed by atoms with E-state index in [1.165, 1.54) is 12.1 Å². The molecule has 0 saturated heterocycles. The van der Waals surface area contributed by atoms with E-state index in [9.17, 15) is 4.39 Å². The molecule has 1 aliphatic carbocycles. The van der Waals surface area contributed by atoms with Gasteiger partial charge in [-0.3, -0.25) is 0 Å². The molecule has 0 spiro atoms. The second-order valence-corrected chi connectivity index (χ2v) is 4.96. The molecule has 0 aromatic heterocycles. The van der Waals surface area contributed by atoms with E-state index in [-0.39, 0.29) is 24.3 Å². The van der Waals surface area contributed by atoms with E-state index in [0.717, 1.165) is 17.5 Å². The third-order valence-corrected chi connectivity index (χ3v) is 3.45. The van der Waals surface area contributed by atoms with Crippen LogP contribution < -0.4 is 10.5 Å². The molecule has 0 unspecified atom stereocenters. The predicted octanol–water partition coefficient (Wildman–Crippen LogP) is 3.64. The zero-order valence-corrected chi connectivity index (χ0v) is 11.8. The molecule has 0 bridgehead atoms. The van der Waals surface area contributed by atoms with Crippen molar-refractivity contribution in [3.8, 4) is 5.75 Å². The molecule has 0 radical (unpaired) electrons.